The van der Waals surface area contributed by atoms with Gasteiger partial charge in [-0.05, 0) is 71.6 Å². The maximum atomic E-state index is 13.6. The molecule has 31 heavy (non-hydrogen) atoms. The molecule has 0 spiro atoms. The van der Waals surface area contributed by atoms with E-state index in [4.69, 9.17) is 0 Å². The second kappa shape index (κ2) is 6.94. The Kier molecular flexibility index (Phi) is 4.16. The van der Waals surface area contributed by atoms with Crippen LogP contribution in [0.5, 0.6) is 0 Å². The van der Waals surface area contributed by atoms with E-state index >= 15 is 0 Å². The van der Waals surface area contributed by atoms with Crippen molar-refractivity contribution in [1.29, 1.82) is 0 Å². The lowest BCUT2D eigenvalue weighted by Gasteiger charge is -2.33. The van der Waals surface area contributed by atoms with Crippen LogP contribution < -0.4 is 5.32 Å². The van der Waals surface area contributed by atoms with Crippen molar-refractivity contribution in [3.63, 3.8) is 0 Å². The molecule has 2 bridgehead atoms. The van der Waals surface area contributed by atoms with Gasteiger partial charge >= 0.3 is 6.03 Å². The minimum Gasteiger partial charge on any atom is -0.333 e. The largest absolute Gasteiger partial charge is 0.333 e. The van der Waals surface area contributed by atoms with Crippen molar-refractivity contribution >= 4 is 23.2 Å². The van der Waals surface area contributed by atoms with E-state index in [2.05, 4.69) is 35.7 Å². The molecule has 158 valence electrons. The van der Waals surface area contributed by atoms with Crippen LogP contribution in [-0.4, -0.2) is 40.9 Å². The third-order valence-corrected chi connectivity index (χ3v) is 7.00. The summed E-state index contributed by atoms with van der Waals surface area (Å²) in [5, 5.41) is 2.76. The smallest absolute Gasteiger partial charge is 0.322 e. The first-order valence-corrected chi connectivity index (χ1v) is 11.0. The summed E-state index contributed by atoms with van der Waals surface area (Å²) in [7, 11) is 0. The Morgan fingerprint density at radius 2 is 1.94 bits per heavy atom. The van der Waals surface area contributed by atoms with Crippen molar-refractivity contribution in [3.05, 3.63) is 71.0 Å². The molecule has 2 aliphatic carbocycles. The topological polar surface area (TPSA) is 52.7 Å². The summed E-state index contributed by atoms with van der Waals surface area (Å²) in [6.07, 6.45) is 5.84. The van der Waals surface area contributed by atoms with E-state index in [0.29, 0.717) is 23.7 Å². The van der Waals surface area contributed by atoms with Gasteiger partial charge in [0.2, 0.25) is 5.91 Å². The minimum atomic E-state index is -0.347. The number of rotatable bonds is 4. The van der Waals surface area contributed by atoms with Gasteiger partial charge in [0.05, 0.1) is 12.6 Å². The van der Waals surface area contributed by atoms with Gasteiger partial charge in [0.25, 0.3) is 0 Å². The number of carbonyl (C=O) groups is 2. The Balaban J connectivity index is 1.16. The Morgan fingerprint density at radius 1 is 1.13 bits per heavy atom. The first-order chi connectivity index (χ1) is 15.0. The number of benzene rings is 2. The van der Waals surface area contributed by atoms with Crippen LogP contribution in [-0.2, 0) is 11.3 Å². The summed E-state index contributed by atoms with van der Waals surface area (Å²) >= 11 is 0. The summed E-state index contributed by atoms with van der Waals surface area (Å²) in [4.78, 5) is 29.0. The summed E-state index contributed by atoms with van der Waals surface area (Å²) in [5.41, 5.74) is 5.12. The van der Waals surface area contributed by atoms with Crippen LogP contribution in [0, 0.1) is 11.7 Å². The molecule has 6 heteroatoms. The van der Waals surface area contributed by atoms with Crippen molar-refractivity contribution < 1.29 is 14.0 Å². The van der Waals surface area contributed by atoms with Gasteiger partial charge in [0.1, 0.15) is 12.4 Å². The summed E-state index contributed by atoms with van der Waals surface area (Å²) < 4.78 is 13.6. The molecule has 5 nitrogen and oxygen atoms in total. The summed E-state index contributed by atoms with van der Waals surface area (Å²) in [6.45, 7) is 0.935. The molecule has 0 aromatic heterocycles. The van der Waals surface area contributed by atoms with E-state index in [0.717, 1.165) is 12.3 Å². The quantitative estimate of drug-likeness (QED) is 0.804. The average Bonchev–Trinajstić information content (AvgIpc) is 3.42. The highest BCUT2D eigenvalue weighted by molar-refractivity contribution is 5.95. The lowest BCUT2D eigenvalue weighted by Crippen LogP contribution is -2.48. The number of hydrogen-bond donors (Lipinski definition) is 1. The van der Waals surface area contributed by atoms with E-state index in [1.54, 1.807) is 6.07 Å². The monoisotopic (exact) mass is 417 g/mol. The van der Waals surface area contributed by atoms with Crippen molar-refractivity contribution in [3.8, 4) is 0 Å². The number of anilines is 1. The molecular formula is C25H24FN3O2. The molecule has 6 rings (SSSR count). The van der Waals surface area contributed by atoms with Crippen LogP contribution in [0.1, 0.15) is 41.9 Å². The van der Waals surface area contributed by atoms with Gasteiger partial charge in [-0.1, -0.05) is 30.3 Å². The molecule has 2 aromatic carbocycles. The van der Waals surface area contributed by atoms with Gasteiger partial charge in [-0.3, -0.25) is 4.79 Å². The van der Waals surface area contributed by atoms with E-state index in [1.165, 1.54) is 46.6 Å². The van der Waals surface area contributed by atoms with Gasteiger partial charge in [-0.2, -0.15) is 0 Å². The van der Waals surface area contributed by atoms with E-state index in [-0.39, 0.29) is 36.9 Å². The fourth-order valence-corrected chi connectivity index (χ4v) is 5.25. The van der Waals surface area contributed by atoms with Gasteiger partial charge in [-0.15, -0.1) is 0 Å². The first kappa shape index (κ1) is 18.6. The van der Waals surface area contributed by atoms with E-state index in [9.17, 15) is 14.0 Å². The van der Waals surface area contributed by atoms with E-state index in [1.807, 2.05) is 4.90 Å². The van der Waals surface area contributed by atoms with Crippen LogP contribution in [0.3, 0.4) is 0 Å². The lowest BCUT2D eigenvalue weighted by atomic mass is 9.98. The van der Waals surface area contributed by atoms with Gasteiger partial charge < -0.3 is 15.1 Å². The number of carbonyl (C=O) groups excluding carboxylic acids is 2. The standard InChI is InChI=1S/C25H24FN3O2/c26-20-7-8-22-19(11-20)13-28(25(31)27-22)14-24(30)29-12-15-9-21(23(29)10-15)18-5-3-17(4-6-18)16-1-2-16/h3-9,11,15-16,23H,1-2,10,12-14H2,(H,27,31)/t15-,23-/m0/s1. The number of urea groups is 1. The second-order valence-electron chi connectivity index (χ2n) is 9.16. The van der Waals surface area contributed by atoms with Crippen molar-refractivity contribution in [2.24, 2.45) is 5.92 Å². The average molecular weight is 417 g/mol. The SMILES string of the molecule is O=C1Nc2ccc(F)cc2CN1CC(=O)N1C[C@H]2C=C(c3ccc(C4CC4)cc3)[C@@H]1C2. The van der Waals surface area contributed by atoms with Gasteiger partial charge in [0, 0.05) is 12.2 Å². The summed E-state index contributed by atoms with van der Waals surface area (Å²) in [5.74, 6) is 0.704. The lowest BCUT2D eigenvalue weighted by molar-refractivity contribution is -0.132. The maximum Gasteiger partial charge on any atom is 0.322 e. The number of hydrogen-bond acceptors (Lipinski definition) is 2. The molecule has 2 aliphatic heterocycles. The number of likely N-dealkylation sites (tertiary alicyclic amines) is 1. The zero-order valence-corrected chi connectivity index (χ0v) is 17.2. The fraction of sp³-hybridized carbons (Fsp3) is 0.360. The first-order valence-electron chi connectivity index (χ1n) is 11.0. The van der Waals surface area contributed by atoms with Crippen LogP contribution in [0.4, 0.5) is 14.9 Å². The number of fused-ring (bicyclic) bond motifs is 3. The highest BCUT2D eigenvalue weighted by Gasteiger charge is 2.42. The fourth-order valence-electron chi connectivity index (χ4n) is 5.25. The third kappa shape index (κ3) is 3.30. The van der Waals surface area contributed by atoms with Crippen molar-refractivity contribution in [1.82, 2.24) is 9.80 Å². The Hall–Kier alpha value is -3.15. The molecule has 1 saturated heterocycles. The predicted octanol–water partition coefficient (Wildman–Crippen LogP) is 4.36. The van der Waals surface area contributed by atoms with Gasteiger partial charge in [0.15, 0.2) is 0 Å². The van der Waals surface area contributed by atoms with Crippen molar-refractivity contribution in [2.45, 2.75) is 37.8 Å². The molecule has 1 N–H and O–H groups in total. The maximum absolute atomic E-state index is 13.6. The van der Waals surface area contributed by atoms with Crippen LogP contribution in [0.2, 0.25) is 0 Å². The highest BCUT2D eigenvalue weighted by Crippen LogP contribution is 2.44. The number of nitrogens with one attached hydrogen (secondary N) is 1. The van der Waals surface area contributed by atoms with Crippen molar-refractivity contribution in [2.75, 3.05) is 18.4 Å². The molecule has 2 heterocycles. The zero-order valence-electron chi connectivity index (χ0n) is 17.2. The molecule has 1 saturated carbocycles. The molecule has 2 fully saturated rings. The summed E-state index contributed by atoms with van der Waals surface area (Å²) in [6, 6.07) is 12.9. The normalized spacial score (nSPS) is 24.2. The molecule has 3 amide bonds. The Bertz CT molecular complexity index is 1110. The van der Waals surface area contributed by atoms with Crippen LogP contribution >= 0.6 is 0 Å². The minimum absolute atomic E-state index is 0.00109. The molecular weight excluding hydrogens is 393 g/mol. The molecule has 2 aromatic rings. The highest BCUT2D eigenvalue weighted by atomic mass is 19.1. The second-order valence-corrected chi connectivity index (χ2v) is 9.16. The molecule has 2 atom stereocenters. The van der Waals surface area contributed by atoms with Gasteiger partial charge in [-0.25, -0.2) is 9.18 Å². The number of nitrogens with zero attached hydrogens (tertiary/aromatic N) is 2. The molecule has 0 unspecified atom stereocenters. The Labute approximate surface area is 180 Å². The van der Waals surface area contributed by atoms with E-state index < -0.39 is 0 Å². The van der Waals surface area contributed by atoms with Crippen LogP contribution in [0.15, 0.2) is 48.5 Å². The molecule has 0 radical (unpaired) electrons. The zero-order chi connectivity index (χ0) is 21.1. The van der Waals surface area contributed by atoms with Crippen LogP contribution in [0.25, 0.3) is 5.57 Å². The number of amides is 3. The molecule has 4 aliphatic rings. The third-order valence-electron chi connectivity index (χ3n) is 7.00. The Morgan fingerprint density at radius 3 is 2.68 bits per heavy atom. The predicted molar refractivity (Wildman–Crippen MR) is 116 cm³/mol. The number of halogens is 1.